The summed E-state index contributed by atoms with van der Waals surface area (Å²) in [5, 5.41) is 10.4. The van der Waals surface area contributed by atoms with Gasteiger partial charge in [-0.3, -0.25) is 14.5 Å². The van der Waals surface area contributed by atoms with Crippen LogP contribution in [0.25, 0.3) is 21.9 Å². The molecule has 0 spiro atoms. The van der Waals surface area contributed by atoms with E-state index in [-0.39, 0.29) is 0 Å². The molecule has 1 N–H and O–H groups in total. The van der Waals surface area contributed by atoms with Crippen molar-refractivity contribution in [2.75, 3.05) is 38.0 Å². The first-order valence-corrected chi connectivity index (χ1v) is 12.9. The third-order valence-corrected chi connectivity index (χ3v) is 7.51. The number of hydrogen-bond donors (Lipinski definition) is 1. The minimum absolute atomic E-state index is 0.842. The molecule has 1 aromatic carbocycles. The van der Waals surface area contributed by atoms with Crippen molar-refractivity contribution >= 4 is 16.6 Å². The fraction of sp³-hybridized carbons (Fsp3) is 0.500. The number of aromatic nitrogens is 3. The standard InChI is InChI=1S/C28H38N6/c1-21-9-13-34(14-10-21)19-22(2)31-28-16-25-15-23(7-8-24(25)17-29-28)26-18-30-32(3)27(26)20-33-11-5-4-6-12-33/h7-8,15-18,21H,2,4-6,9-14,19-20H2,1,3H3,(H,29,31). The van der Waals surface area contributed by atoms with Crippen molar-refractivity contribution in [2.45, 2.75) is 45.6 Å². The molecule has 2 saturated heterocycles. The number of hydrogen-bond acceptors (Lipinski definition) is 5. The maximum Gasteiger partial charge on any atom is 0.130 e. The van der Waals surface area contributed by atoms with Gasteiger partial charge in [0, 0.05) is 43.0 Å². The molecular weight excluding hydrogens is 420 g/mol. The molecular formula is C28H38N6. The molecule has 180 valence electrons. The maximum absolute atomic E-state index is 4.64. The van der Waals surface area contributed by atoms with Crippen LogP contribution in [0.15, 0.2) is 48.9 Å². The first-order valence-electron chi connectivity index (χ1n) is 12.9. The summed E-state index contributed by atoms with van der Waals surface area (Å²) in [6.07, 6.45) is 10.5. The number of benzene rings is 1. The van der Waals surface area contributed by atoms with Crippen LogP contribution < -0.4 is 5.32 Å². The molecule has 0 aliphatic carbocycles. The van der Waals surface area contributed by atoms with Gasteiger partial charge in [0.1, 0.15) is 5.82 Å². The zero-order valence-electron chi connectivity index (χ0n) is 20.8. The Labute approximate surface area is 203 Å². The molecule has 0 saturated carbocycles. The summed E-state index contributed by atoms with van der Waals surface area (Å²) in [5.41, 5.74) is 4.74. The van der Waals surface area contributed by atoms with Crippen molar-refractivity contribution in [3.8, 4) is 11.1 Å². The topological polar surface area (TPSA) is 49.2 Å². The van der Waals surface area contributed by atoms with Crippen LogP contribution in [0.2, 0.25) is 0 Å². The van der Waals surface area contributed by atoms with Crippen LogP contribution in [-0.4, -0.2) is 57.3 Å². The van der Waals surface area contributed by atoms with Gasteiger partial charge < -0.3 is 5.32 Å². The van der Waals surface area contributed by atoms with Gasteiger partial charge >= 0.3 is 0 Å². The molecule has 2 aromatic heterocycles. The molecule has 0 radical (unpaired) electrons. The molecule has 2 aliphatic rings. The number of piperidine rings is 2. The summed E-state index contributed by atoms with van der Waals surface area (Å²) in [4.78, 5) is 9.69. The smallest absolute Gasteiger partial charge is 0.130 e. The lowest BCUT2D eigenvalue weighted by Gasteiger charge is -2.30. The molecule has 2 aliphatic heterocycles. The molecule has 2 fully saturated rings. The second-order valence-corrected chi connectivity index (χ2v) is 10.3. The Kier molecular flexibility index (Phi) is 6.97. The summed E-state index contributed by atoms with van der Waals surface area (Å²) >= 11 is 0. The number of pyridine rings is 1. The molecule has 4 heterocycles. The second kappa shape index (κ2) is 10.3. The van der Waals surface area contributed by atoms with Gasteiger partial charge in [-0.15, -0.1) is 0 Å². The van der Waals surface area contributed by atoms with Gasteiger partial charge in [-0.2, -0.15) is 5.10 Å². The van der Waals surface area contributed by atoms with Gasteiger partial charge in [-0.25, -0.2) is 4.98 Å². The van der Waals surface area contributed by atoms with Crippen LogP contribution >= 0.6 is 0 Å². The van der Waals surface area contributed by atoms with Gasteiger partial charge in [0.2, 0.25) is 0 Å². The number of anilines is 1. The van der Waals surface area contributed by atoms with E-state index in [1.54, 1.807) is 0 Å². The number of fused-ring (bicyclic) bond motifs is 1. The first kappa shape index (κ1) is 23.1. The first-order chi connectivity index (χ1) is 16.5. The number of rotatable bonds is 7. The highest BCUT2D eigenvalue weighted by Gasteiger charge is 2.18. The van der Waals surface area contributed by atoms with Crippen molar-refractivity contribution in [3.63, 3.8) is 0 Å². The average Bonchev–Trinajstić information content (AvgIpc) is 3.20. The minimum Gasteiger partial charge on any atom is -0.343 e. The van der Waals surface area contributed by atoms with Crippen LogP contribution in [0.4, 0.5) is 5.82 Å². The molecule has 34 heavy (non-hydrogen) atoms. The number of likely N-dealkylation sites (tertiary alicyclic amines) is 2. The monoisotopic (exact) mass is 458 g/mol. The van der Waals surface area contributed by atoms with E-state index in [9.17, 15) is 0 Å². The van der Waals surface area contributed by atoms with Crippen LogP contribution in [0.1, 0.15) is 44.7 Å². The molecule has 0 amide bonds. The summed E-state index contributed by atoms with van der Waals surface area (Å²) in [7, 11) is 2.06. The van der Waals surface area contributed by atoms with E-state index >= 15 is 0 Å². The van der Waals surface area contributed by atoms with Crippen molar-refractivity contribution < 1.29 is 0 Å². The summed E-state index contributed by atoms with van der Waals surface area (Å²) in [5.74, 6) is 1.70. The maximum atomic E-state index is 4.64. The van der Waals surface area contributed by atoms with E-state index in [0.717, 1.165) is 49.0 Å². The number of nitrogens with zero attached hydrogens (tertiary/aromatic N) is 5. The predicted octanol–water partition coefficient (Wildman–Crippen LogP) is 5.28. The lowest BCUT2D eigenvalue weighted by molar-refractivity contribution is 0.207. The van der Waals surface area contributed by atoms with Crippen LogP contribution in [0.3, 0.4) is 0 Å². The van der Waals surface area contributed by atoms with Gasteiger partial charge in [0.15, 0.2) is 0 Å². The Bertz CT molecular complexity index is 1140. The van der Waals surface area contributed by atoms with Gasteiger partial charge in [-0.05, 0) is 80.9 Å². The molecule has 6 nitrogen and oxygen atoms in total. The van der Waals surface area contributed by atoms with Crippen molar-refractivity contribution in [1.29, 1.82) is 0 Å². The third-order valence-electron chi connectivity index (χ3n) is 7.51. The van der Waals surface area contributed by atoms with Gasteiger partial charge in [-0.1, -0.05) is 32.1 Å². The molecule has 0 unspecified atom stereocenters. The zero-order chi connectivity index (χ0) is 23.5. The Morgan fingerprint density at radius 1 is 1.00 bits per heavy atom. The van der Waals surface area contributed by atoms with Crippen molar-refractivity contribution in [3.05, 3.63) is 54.6 Å². The highest BCUT2D eigenvalue weighted by molar-refractivity contribution is 5.88. The molecule has 0 atom stereocenters. The summed E-state index contributed by atoms with van der Waals surface area (Å²) in [6, 6.07) is 8.78. The van der Waals surface area contributed by atoms with Crippen LogP contribution in [-0.2, 0) is 13.6 Å². The second-order valence-electron chi connectivity index (χ2n) is 10.3. The van der Waals surface area contributed by atoms with E-state index < -0.39 is 0 Å². The van der Waals surface area contributed by atoms with Crippen molar-refractivity contribution in [2.24, 2.45) is 13.0 Å². The highest BCUT2D eigenvalue weighted by Crippen LogP contribution is 2.29. The van der Waals surface area contributed by atoms with Crippen LogP contribution in [0, 0.1) is 5.92 Å². The van der Waals surface area contributed by atoms with E-state index in [0.29, 0.717) is 0 Å². The molecule has 0 bridgehead atoms. The quantitative estimate of drug-likeness (QED) is 0.522. The SMILES string of the molecule is C=C(CN1CCC(C)CC1)Nc1cc2cc(-c3cnn(C)c3CN3CCCCC3)ccc2cn1. The lowest BCUT2D eigenvalue weighted by atomic mass is 9.99. The fourth-order valence-electron chi connectivity index (χ4n) is 5.31. The Hall–Kier alpha value is -2.70. The Balaban J connectivity index is 1.32. The Morgan fingerprint density at radius 3 is 2.59 bits per heavy atom. The van der Waals surface area contributed by atoms with E-state index in [1.807, 2.05) is 17.1 Å². The van der Waals surface area contributed by atoms with E-state index in [4.69, 9.17) is 0 Å². The predicted molar refractivity (Wildman–Crippen MR) is 141 cm³/mol. The Morgan fingerprint density at radius 2 is 1.79 bits per heavy atom. The molecule has 3 aromatic rings. The molecule has 5 rings (SSSR count). The van der Waals surface area contributed by atoms with Crippen molar-refractivity contribution in [1.82, 2.24) is 24.6 Å². The fourth-order valence-corrected chi connectivity index (χ4v) is 5.31. The summed E-state index contributed by atoms with van der Waals surface area (Å²) < 4.78 is 2.04. The minimum atomic E-state index is 0.842. The van der Waals surface area contributed by atoms with Crippen LogP contribution in [0.5, 0.6) is 0 Å². The number of aryl methyl sites for hydroxylation is 1. The number of nitrogens with one attached hydrogen (secondary N) is 1. The molecule has 6 heteroatoms. The highest BCUT2D eigenvalue weighted by atomic mass is 15.3. The largest absolute Gasteiger partial charge is 0.343 e. The lowest BCUT2D eigenvalue weighted by Crippen LogP contribution is -2.35. The van der Waals surface area contributed by atoms with E-state index in [2.05, 4.69) is 70.0 Å². The van der Waals surface area contributed by atoms with Gasteiger partial charge in [0.25, 0.3) is 0 Å². The average molecular weight is 459 g/mol. The summed E-state index contributed by atoms with van der Waals surface area (Å²) in [6.45, 7) is 13.1. The van der Waals surface area contributed by atoms with Gasteiger partial charge in [0.05, 0.1) is 11.9 Å². The normalized spacial score (nSPS) is 18.4. The third kappa shape index (κ3) is 5.34. The zero-order valence-corrected chi connectivity index (χ0v) is 20.8. The van der Waals surface area contributed by atoms with E-state index in [1.165, 1.54) is 67.4 Å².